The highest BCUT2D eigenvalue weighted by molar-refractivity contribution is 5.70. The summed E-state index contributed by atoms with van der Waals surface area (Å²) >= 11 is 0. The minimum Gasteiger partial charge on any atom is -0.495 e. The first kappa shape index (κ1) is 12.7. The number of methoxy groups -OCH3 is 1. The van der Waals surface area contributed by atoms with Crippen LogP contribution in [-0.2, 0) is 0 Å². The average Bonchev–Trinajstić information content (AvgIpc) is 2.97. The van der Waals surface area contributed by atoms with Crippen LogP contribution in [0.2, 0.25) is 0 Å². The van der Waals surface area contributed by atoms with Gasteiger partial charge < -0.3 is 4.74 Å². The molecule has 2 aromatic rings. The number of hydrogen-bond donors (Lipinski definition) is 0. The Hall–Kier alpha value is -2.36. The molecule has 0 spiro atoms. The minimum absolute atomic E-state index is 0.0758. The second-order valence-electron chi connectivity index (χ2n) is 4.62. The Morgan fingerprint density at radius 3 is 2.65 bits per heavy atom. The minimum atomic E-state index is -0.225. The zero-order valence-corrected chi connectivity index (χ0v) is 11.2. The molecular weight excluding hydrogens is 255 g/mol. The largest absolute Gasteiger partial charge is 0.495 e. The number of rotatable bonds is 3. The summed E-state index contributed by atoms with van der Waals surface area (Å²) < 4.78 is 18.4. The molecule has 1 heterocycles. The molecule has 3 nitrogen and oxygen atoms in total. The molecule has 2 aromatic carbocycles. The lowest BCUT2D eigenvalue weighted by Gasteiger charge is -2.25. The zero-order valence-electron chi connectivity index (χ0n) is 11.2. The van der Waals surface area contributed by atoms with Crippen LogP contribution in [0.4, 0.5) is 10.1 Å². The van der Waals surface area contributed by atoms with E-state index in [1.165, 1.54) is 12.1 Å². The summed E-state index contributed by atoms with van der Waals surface area (Å²) in [6.07, 6.45) is 2.67. The number of para-hydroxylation sites is 2. The number of benzene rings is 2. The lowest BCUT2D eigenvalue weighted by atomic mass is 10.0. The first-order valence-electron chi connectivity index (χ1n) is 6.50. The molecule has 102 valence electrons. The van der Waals surface area contributed by atoms with Crippen LogP contribution in [0.5, 0.6) is 5.75 Å². The Kier molecular flexibility index (Phi) is 3.37. The van der Waals surface area contributed by atoms with E-state index in [4.69, 9.17) is 4.74 Å². The maximum atomic E-state index is 13.0. The Labute approximate surface area is 117 Å². The Morgan fingerprint density at radius 2 is 1.90 bits per heavy atom. The first-order chi connectivity index (χ1) is 9.79. The standard InChI is InChI=1S/C16H15FN2O/c1-20-16-5-3-2-4-15(16)19-14(10-11-18-19)12-6-8-13(17)9-7-12/h2-9,11,14H,10H2,1H3. The SMILES string of the molecule is COc1ccccc1N1N=CCC1c1ccc(F)cc1. The van der Waals surface area contributed by atoms with Crippen molar-refractivity contribution in [3.8, 4) is 5.75 Å². The molecule has 0 aromatic heterocycles. The average molecular weight is 270 g/mol. The molecule has 0 bridgehead atoms. The van der Waals surface area contributed by atoms with Crippen LogP contribution in [0.15, 0.2) is 53.6 Å². The molecule has 0 amide bonds. The Bertz CT molecular complexity index is 625. The maximum Gasteiger partial charge on any atom is 0.144 e. The first-order valence-corrected chi connectivity index (χ1v) is 6.50. The summed E-state index contributed by atoms with van der Waals surface area (Å²) in [6.45, 7) is 0. The van der Waals surface area contributed by atoms with Crippen molar-refractivity contribution in [2.24, 2.45) is 5.10 Å². The van der Waals surface area contributed by atoms with E-state index in [1.807, 2.05) is 35.5 Å². The fraction of sp³-hybridized carbons (Fsp3) is 0.188. The van der Waals surface area contributed by atoms with Crippen molar-refractivity contribution in [1.29, 1.82) is 0 Å². The number of ether oxygens (including phenoxy) is 1. The van der Waals surface area contributed by atoms with Gasteiger partial charge in [-0.1, -0.05) is 24.3 Å². The van der Waals surface area contributed by atoms with Gasteiger partial charge >= 0.3 is 0 Å². The monoisotopic (exact) mass is 270 g/mol. The van der Waals surface area contributed by atoms with Crippen LogP contribution in [0.1, 0.15) is 18.0 Å². The van der Waals surface area contributed by atoms with Crippen molar-refractivity contribution >= 4 is 11.9 Å². The number of anilines is 1. The summed E-state index contributed by atoms with van der Waals surface area (Å²) in [6, 6.07) is 14.4. The van der Waals surface area contributed by atoms with Crippen molar-refractivity contribution in [2.75, 3.05) is 12.1 Å². The highest BCUT2D eigenvalue weighted by Gasteiger charge is 2.26. The van der Waals surface area contributed by atoms with Crippen LogP contribution in [0, 0.1) is 5.82 Å². The molecule has 0 saturated carbocycles. The second kappa shape index (κ2) is 5.33. The molecule has 0 fully saturated rings. The molecule has 3 rings (SSSR count). The summed E-state index contributed by atoms with van der Waals surface area (Å²) in [7, 11) is 1.64. The van der Waals surface area contributed by atoms with Crippen LogP contribution < -0.4 is 9.75 Å². The van der Waals surface area contributed by atoms with Crippen molar-refractivity contribution in [3.63, 3.8) is 0 Å². The Morgan fingerprint density at radius 1 is 1.15 bits per heavy atom. The molecule has 0 saturated heterocycles. The third-order valence-electron chi connectivity index (χ3n) is 3.42. The van der Waals surface area contributed by atoms with Gasteiger partial charge in [-0.15, -0.1) is 0 Å². The topological polar surface area (TPSA) is 24.8 Å². The van der Waals surface area contributed by atoms with Gasteiger partial charge in [0, 0.05) is 12.6 Å². The van der Waals surface area contributed by atoms with Crippen LogP contribution in [0.25, 0.3) is 0 Å². The highest BCUT2D eigenvalue weighted by atomic mass is 19.1. The van der Waals surface area contributed by atoms with Gasteiger partial charge in [-0.2, -0.15) is 5.10 Å². The van der Waals surface area contributed by atoms with Crippen LogP contribution >= 0.6 is 0 Å². The van der Waals surface area contributed by atoms with E-state index in [2.05, 4.69) is 5.10 Å². The third-order valence-corrected chi connectivity index (χ3v) is 3.42. The van der Waals surface area contributed by atoms with E-state index in [9.17, 15) is 4.39 Å². The number of hydrogen-bond acceptors (Lipinski definition) is 3. The highest BCUT2D eigenvalue weighted by Crippen LogP contribution is 2.38. The summed E-state index contributed by atoms with van der Waals surface area (Å²) in [5.41, 5.74) is 1.95. The molecule has 1 unspecified atom stereocenters. The van der Waals surface area contributed by atoms with Crippen LogP contribution in [-0.4, -0.2) is 13.3 Å². The van der Waals surface area contributed by atoms with E-state index >= 15 is 0 Å². The normalized spacial score (nSPS) is 17.5. The fourth-order valence-corrected chi connectivity index (χ4v) is 2.43. The maximum absolute atomic E-state index is 13.0. The van der Waals surface area contributed by atoms with Gasteiger partial charge in [0.2, 0.25) is 0 Å². The molecule has 0 N–H and O–H groups in total. The van der Waals surface area contributed by atoms with Crippen molar-refractivity contribution in [1.82, 2.24) is 0 Å². The van der Waals surface area contributed by atoms with Gasteiger partial charge in [0.05, 0.1) is 13.2 Å². The van der Waals surface area contributed by atoms with E-state index in [0.29, 0.717) is 0 Å². The third kappa shape index (κ3) is 2.25. The quantitative estimate of drug-likeness (QED) is 0.848. The molecule has 1 atom stereocenters. The van der Waals surface area contributed by atoms with Crippen molar-refractivity contribution in [3.05, 3.63) is 59.9 Å². The van der Waals surface area contributed by atoms with E-state index in [1.54, 1.807) is 19.2 Å². The number of hydrazone groups is 1. The summed E-state index contributed by atoms with van der Waals surface area (Å²) in [4.78, 5) is 0. The van der Waals surface area contributed by atoms with Gasteiger partial charge in [0.1, 0.15) is 17.3 Å². The van der Waals surface area contributed by atoms with Crippen molar-refractivity contribution < 1.29 is 9.13 Å². The fourth-order valence-electron chi connectivity index (χ4n) is 2.43. The molecule has 4 heteroatoms. The number of nitrogens with zero attached hydrogens (tertiary/aromatic N) is 2. The summed E-state index contributed by atoms with van der Waals surface area (Å²) in [5.74, 6) is 0.551. The smallest absolute Gasteiger partial charge is 0.144 e. The van der Waals surface area contributed by atoms with Gasteiger partial charge in [-0.05, 0) is 29.8 Å². The molecule has 1 aliphatic heterocycles. The Balaban J connectivity index is 1.96. The van der Waals surface area contributed by atoms with E-state index in [0.717, 1.165) is 23.4 Å². The molecule has 1 aliphatic rings. The van der Waals surface area contributed by atoms with Gasteiger partial charge in [-0.25, -0.2) is 4.39 Å². The van der Waals surface area contributed by atoms with Crippen molar-refractivity contribution in [2.45, 2.75) is 12.5 Å². The van der Waals surface area contributed by atoms with E-state index < -0.39 is 0 Å². The van der Waals surface area contributed by atoms with Crippen LogP contribution in [0.3, 0.4) is 0 Å². The lowest BCUT2D eigenvalue weighted by molar-refractivity contribution is 0.413. The molecular formula is C16H15FN2O. The molecule has 0 aliphatic carbocycles. The zero-order chi connectivity index (χ0) is 13.9. The van der Waals surface area contributed by atoms with Gasteiger partial charge in [0.15, 0.2) is 0 Å². The lowest BCUT2D eigenvalue weighted by Crippen LogP contribution is -2.19. The predicted molar refractivity (Wildman–Crippen MR) is 77.7 cm³/mol. The predicted octanol–water partition coefficient (Wildman–Crippen LogP) is 3.77. The van der Waals surface area contributed by atoms with E-state index in [-0.39, 0.29) is 11.9 Å². The summed E-state index contributed by atoms with van der Waals surface area (Å²) in [5, 5.41) is 6.35. The van der Waals surface area contributed by atoms with Gasteiger partial charge in [-0.3, -0.25) is 5.01 Å². The molecule has 0 radical (unpaired) electrons. The molecule has 20 heavy (non-hydrogen) atoms. The second-order valence-corrected chi connectivity index (χ2v) is 4.62. The van der Waals surface area contributed by atoms with Gasteiger partial charge in [0.25, 0.3) is 0 Å². The number of halogens is 1.